The van der Waals surface area contributed by atoms with Crippen molar-refractivity contribution in [3.8, 4) is 0 Å². The molecule has 1 aromatic rings. The summed E-state index contributed by atoms with van der Waals surface area (Å²) in [7, 11) is 0. The first-order chi connectivity index (χ1) is 7.98. The zero-order valence-electron chi connectivity index (χ0n) is 8.85. The molecule has 0 unspecified atom stereocenters. The highest BCUT2D eigenvalue weighted by molar-refractivity contribution is 9.10. The minimum Gasteiger partial charge on any atom is -0.378 e. The number of ether oxygens (including phenoxy) is 1. The van der Waals surface area contributed by atoms with Gasteiger partial charge in [0.1, 0.15) is 0 Å². The van der Waals surface area contributed by atoms with Crippen LogP contribution in [0.25, 0.3) is 0 Å². The Hall–Kier alpha value is -0.590. The molecule has 0 amide bonds. The van der Waals surface area contributed by atoms with Crippen LogP contribution in [0, 0.1) is 0 Å². The summed E-state index contributed by atoms with van der Waals surface area (Å²) in [6.45, 7) is 1.63. The fourth-order valence-electron chi connectivity index (χ4n) is 1.75. The Labute approximate surface area is 105 Å². The number of rotatable bonds is 1. The number of alkyl halides is 3. The summed E-state index contributed by atoms with van der Waals surface area (Å²) >= 11 is 3.27. The van der Waals surface area contributed by atoms with Gasteiger partial charge in [0, 0.05) is 11.0 Å². The van der Waals surface area contributed by atoms with Crippen LogP contribution in [0.2, 0.25) is 0 Å². The fourth-order valence-corrected chi connectivity index (χ4v) is 2.28. The van der Waals surface area contributed by atoms with Gasteiger partial charge in [0.05, 0.1) is 24.8 Å². The molecular formula is C11H11BrF3NO. The van der Waals surface area contributed by atoms with Crippen LogP contribution in [0.1, 0.15) is 17.2 Å². The molecule has 0 aliphatic carbocycles. The average molecular weight is 310 g/mol. The van der Waals surface area contributed by atoms with Gasteiger partial charge in [-0.25, -0.2) is 0 Å². The highest BCUT2D eigenvalue weighted by Crippen LogP contribution is 2.34. The maximum absolute atomic E-state index is 12.6. The molecule has 0 saturated carbocycles. The van der Waals surface area contributed by atoms with E-state index in [9.17, 15) is 13.2 Å². The van der Waals surface area contributed by atoms with Crippen LogP contribution in [-0.4, -0.2) is 19.8 Å². The first-order valence-corrected chi connectivity index (χ1v) is 5.95. The van der Waals surface area contributed by atoms with Gasteiger partial charge in [0.2, 0.25) is 0 Å². The summed E-state index contributed by atoms with van der Waals surface area (Å²) in [5, 5.41) is 3.13. The van der Waals surface area contributed by atoms with Crippen molar-refractivity contribution in [2.45, 2.75) is 12.2 Å². The zero-order chi connectivity index (χ0) is 12.5. The molecule has 17 heavy (non-hydrogen) atoms. The van der Waals surface area contributed by atoms with E-state index in [2.05, 4.69) is 21.2 Å². The van der Waals surface area contributed by atoms with Crippen molar-refractivity contribution in [3.05, 3.63) is 33.8 Å². The number of morpholine rings is 1. The van der Waals surface area contributed by atoms with E-state index >= 15 is 0 Å². The highest BCUT2D eigenvalue weighted by Gasteiger charge is 2.31. The molecule has 6 heteroatoms. The molecule has 94 valence electrons. The average Bonchev–Trinajstić information content (AvgIpc) is 2.29. The Balaban J connectivity index is 2.31. The standard InChI is InChI=1S/C11H11BrF3NO/c12-9-2-1-7(11(13,14)15)5-8(9)10-6-17-4-3-16-10/h1-2,5,10,16H,3-4,6H2/t10-/m1/s1. The van der Waals surface area contributed by atoms with Gasteiger partial charge in [0.25, 0.3) is 0 Å². The van der Waals surface area contributed by atoms with Gasteiger partial charge in [-0.05, 0) is 23.8 Å². The lowest BCUT2D eigenvalue weighted by molar-refractivity contribution is -0.137. The normalized spacial score (nSPS) is 21.5. The number of nitrogens with one attached hydrogen (secondary N) is 1. The molecule has 1 aromatic carbocycles. The van der Waals surface area contributed by atoms with Crippen LogP contribution in [-0.2, 0) is 10.9 Å². The van der Waals surface area contributed by atoms with Gasteiger partial charge in [-0.1, -0.05) is 15.9 Å². The predicted octanol–water partition coefficient (Wildman–Crippen LogP) is 3.13. The van der Waals surface area contributed by atoms with Crippen molar-refractivity contribution >= 4 is 15.9 Å². The Bertz CT molecular complexity index is 402. The minimum atomic E-state index is -4.31. The predicted molar refractivity (Wildman–Crippen MR) is 60.7 cm³/mol. The zero-order valence-corrected chi connectivity index (χ0v) is 10.4. The molecule has 1 saturated heterocycles. The van der Waals surface area contributed by atoms with Crippen LogP contribution in [0.5, 0.6) is 0 Å². The second kappa shape index (κ2) is 4.96. The van der Waals surface area contributed by atoms with Gasteiger partial charge in [-0.15, -0.1) is 0 Å². The first kappa shape index (κ1) is 12.9. The van der Waals surface area contributed by atoms with Gasteiger partial charge >= 0.3 is 6.18 Å². The quantitative estimate of drug-likeness (QED) is 0.860. The lowest BCUT2D eigenvalue weighted by Gasteiger charge is -2.25. The number of halogens is 4. The van der Waals surface area contributed by atoms with Crippen molar-refractivity contribution < 1.29 is 17.9 Å². The Morgan fingerprint density at radius 3 is 2.71 bits per heavy atom. The molecule has 2 nitrogen and oxygen atoms in total. The largest absolute Gasteiger partial charge is 0.416 e. The van der Waals surface area contributed by atoms with Crippen molar-refractivity contribution in [3.63, 3.8) is 0 Å². The SMILES string of the molecule is FC(F)(F)c1ccc(Br)c([C@H]2COCCN2)c1. The van der Waals surface area contributed by atoms with E-state index in [1.807, 2.05) is 0 Å². The van der Waals surface area contributed by atoms with Crippen LogP contribution in [0.15, 0.2) is 22.7 Å². The molecule has 1 aliphatic rings. The van der Waals surface area contributed by atoms with E-state index in [4.69, 9.17) is 4.74 Å². The van der Waals surface area contributed by atoms with E-state index in [1.165, 1.54) is 6.07 Å². The highest BCUT2D eigenvalue weighted by atomic mass is 79.9. The number of hydrogen-bond acceptors (Lipinski definition) is 2. The van der Waals surface area contributed by atoms with E-state index in [0.29, 0.717) is 29.8 Å². The summed E-state index contributed by atoms with van der Waals surface area (Å²) in [5.74, 6) is 0. The second-order valence-electron chi connectivity index (χ2n) is 3.82. The van der Waals surface area contributed by atoms with Crippen molar-refractivity contribution in [2.75, 3.05) is 19.8 Å². The van der Waals surface area contributed by atoms with Gasteiger partial charge in [-0.3, -0.25) is 0 Å². The molecule has 0 bridgehead atoms. The van der Waals surface area contributed by atoms with Crippen LogP contribution < -0.4 is 5.32 Å². The number of hydrogen-bond donors (Lipinski definition) is 1. The topological polar surface area (TPSA) is 21.3 Å². The van der Waals surface area contributed by atoms with Crippen molar-refractivity contribution in [1.29, 1.82) is 0 Å². The molecule has 1 N–H and O–H groups in total. The Morgan fingerprint density at radius 1 is 1.35 bits per heavy atom. The summed E-state index contributed by atoms with van der Waals surface area (Å²) in [4.78, 5) is 0. The molecule has 1 heterocycles. The van der Waals surface area contributed by atoms with E-state index in [0.717, 1.165) is 12.1 Å². The first-order valence-electron chi connectivity index (χ1n) is 5.16. The van der Waals surface area contributed by atoms with Crippen LogP contribution >= 0.6 is 15.9 Å². The maximum atomic E-state index is 12.6. The lowest BCUT2D eigenvalue weighted by Crippen LogP contribution is -2.34. The van der Waals surface area contributed by atoms with Crippen LogP contribution in [0.4, 0.5) is 13.2 Å². The summed E-state index contributed by atoms with van der Waals surface area (Å²) < 4.78 is 43.7. The molecular weight excluding hydrogens is 299 g/mol. The third kappa shape index (κ3) is 3.00. The van der Waals surface area contributed by atoms with Gasteiger partial charge < -0.3 is 10.1 Å². The minimum absolute atomic E-state index is 0.194. The summed E-state index contributed by atoms with van der Waals surface area (Å²) in [6.07, 6.45) is -4.31. The number of benzene rings is 1. The molecule has 0 aromatic heterocycles. The lowest BCUT2D eigenvalue weighted by atomic mass is 10.0. The van der Waals surface area contributed by atoms with Gasteiger partial charge in [0.15, 0.2) is 0 Å². The third-order valence-corrected chi connectivity index (χ3v) is 3.34. The maximum Gasteiger partial charge on any atom is 0.416 e. The molecule has 0 radical (unpaired) electrons. The van der Waals surface area contributed by atoms with Crippen molar-refractivity contribution in [2.24, 2.45) is 0 Å². The molecule has 0 spiro atoms. The fraction of sp³-hybridized carbons (Fsp3) is 0.455. The van der Waals surface area contributed by atoms with Gasteiger partial charge in [-0.2, -0.15) is 13.2 Å². The summed E-state index contributed by atoms with van der Waals surface area (Å²) in [6, 6.07) is 3.46. The molecule has 1 fully saturated rings. The monoisotopic (exact) mass is 309 g/mol. The smallest absolute Gasteiger partial charge is 0.378 e. The molecule has 2 rings (SSSR count). The summed E-state index contributed by atoms with van der Waals surface area (Å²) in [5.41, 5.74) is -0.0531. The van der Waals surface area contributed by atoms with E-state index in [-0.39, 0.29) is 6.04 Å². The second-order valence-corrected chi connectivity index (χ2v) is 4.67. The Kier molecular flexibility index (Phi) is 3.75. The van der Waals surface area contributed by atoms with Crippen molar-refractivity contribution in [1.82, 2.24) is 5.32 Å². The van der Waals surface area contributed by atoms with Crippen LogP contribution in [0.3, 0.4) is 0 Å². The molecule has 1 aliphatic heterocycles. The Morgan fingerprint density at radius 2 is 2.12 bits per heavy atom. The molecule has 1 atom stereocenters. The van der Waals surface area contributed by atoms with E-state index < -0.39 is 11.7 Å². The third-order valence-electron chi connectivity index (χ3n) is 2.62. The van der Waals surface area contributed by atoms with E-state index in [1.54, 1.807) is 0 Å².